The molecule has 4 aromatic rings. The van der Waals surface area contributed by atoms with Gasteiger partial charge in [0.15, 0.2) is 25.2 Å². The molecule has 6 saturated heterocycles. The fourth-order valence-electron chi connectivity index (χ4n) is 12.5. The topological polar surface area (TPSA) is 423 Å². The van der Waals surface area contributed by atoms with Crippen LogP contribution in [0.4, 0.5) is 0 Å². The van der Waals surface area contributed by atoms with Gasteiger partial charge in [-0.1, -0.05) is 108 Å². The molecule has 0 aromatic heterocycles. The van der Waals surface area contributed by atoms with Crippen molar-refractivity contribution >= 4 is 60.0 Å². The molecular formula is C66H92Cl4N4O26. The van der Waals surface area contributed by atoms with E-state index in [0.29, 0.717) is 23.1 Å². The Morgan fingerprint density at radius 3 is 1.16 bits per heavy atom. The van der Waals surface area contributed by atoms with Crippen LogP contribution in [0.5, 0.6) is 0 Å². The third kappa shape index (κ3) is 22.0. The number of benzene rings is 4. The maximum atomic E-state index is 12.5. The second-order valence-electron chi connectivity index (χ2n) is 24.6. The van der Waals surface area contributed by atoms with Gasteiger partial charge in [-0.05, 0) is 46.5 Å². The highest BCUT2D eigenvalue weighted by Gasteiger charge is 2.53. The van der Waals surface area contributed by atoms with Gasteiger partial charge in [-0.2, -0.15) is 0 Å². The second kappa shape index (κ2) is 40.4. The molecule has 30 nitrogen and oxygen atoms in total. The van der Waals surface area contributed by atoms with E-state index in [0.717, 1.165) is 57.9 Å². The quantitative estimate of drug-likeness (QED) is 0.0225. The summed E-state index contributed by atoms with van der Waals surface area (Å²) < 4.78 is 53.7. The third-order valence-electron chi connectivity index (χ3n) is 18.1. The third-order valence-corrected chi connectivity index (χ3v) is 18.6. The Morgan fingerprint density at radius 1 is 0.410 bits per heavy atom. The number of esters is 2. The van der Waals surface area contributed by atoms with Crippen molar-refractivity contribution in [1.82, 2.24) is 19.6 Å². The van der Waals surface area contributed by atoms with E-state index in [1.54, 1.807) is 0 Å². The van der Waals surface area contributed by atoms with Crippen LogP contribution in [0, 0.1) is 0 Å². The summed E-state index contributed by atoms with van der Waals surface area (Å²) in [5.41, 5.74) is 4.73. The Hall–Kier alpha value is -4.06. The summed E-state index contributed by atoms with van der Waals surface area (Å²) >= 11 is 12.3. The summed E-state index contributed by atoms with van der Waals surface area (Å²) in [7, 11) is 0. The molecule has 2 unspecified atom stereocenters. The Labute approximate surface area is 599 Å². The Balaban J connectivity index is 0.000000275. The van der Waals surface area contributed by atoms with Crippen LogP contribution in [0.1, 0.15) is 34.3 Å². The molecule has 0 amide bonds. The minimum Gasteiger partial charge on any atom is -0.461 e. The van der Waals surface area contributed by atoms with Gasteiger partial charge in [0.05, 0.1) is 38.5 Å². The van der Waals surface area contributed by atoms with Gasteiger partial charge in [-0.25, -0.2) is 9.59 Å². The summed E-state index contributed by atoms with van der Waals surface area (Å²) in [6.07, 6.45) is -32.9. The van der Waals surface area contributed by atoms with Crippen LogP contribution in [0.2, 0.25) is 10.0 Å². The zero-order valence-electron chi connectivity index (χ0n) is 54.3. The number of carbonyl (C=O) groups excluding carboxylic acids is 2. The zero-order chi connectivity index (χ0) is 70.2. The van der Waals surface area contributed by atoms with Crippen molar-refractivity contribution in [2.24, 2.45) is 0 Å². The number of hydrogen-bond acceptors (Lipinski definition) is 30. The van der Waals surface area contributed by atoms with Gasteiger partial charge in [0.1, 0.15) is 124 Å². The largest absolute Gasteiger partial charge is 0.461 e. The highest BCUT2D eigenvalue weighted by Crippen LogP contribution is 2.35. The Morgan fingerprint density at radius 2 is 0.760 bits per heavy atom. The first-order chi connectivity index (χ1) is 47.1. The predicted octanol–water partition coefficient (Wildman–Crippen LogP) is -2.69. The van der Waals surface area contributed by atoms with Gasteiger partial charge in [0.25, 0.3) is 0 Å². The minimum atomic E-state index is -1.85. The van der Waals surface area contributed by atoms with Gasteiger partial charge < -0.3 is 119 Å². The molecule has 0 bridgehead atoms. The lowest BCUT2D eigenvalue weighted by Gasteiger charge is -2.45. The molecule has 0 radical (unpaired) electrons. The number of nitrogens with zero attached hydrogens (tertiary/aromatic N) is 4. The molecule has 6 aliphatic rings. The van der Waals surface area contributed by atoms with E-state index in [-0.39, 0.29) is 63.3 Å². The fourth-order valence-corrected chi connectivity index (χ4v) is 12.8. The number of ether oxygens (including phenoxy) is 10. The number of rotatable bonds is 26. The molecule has 0 spiro atoms. The van der Waals surface area contributed by atoms with Crippen LogP contribution in [-0.4, -0.2) is 344 Å². The summed E-state index contributed by atoms with van der Waals surface area (Å²) in [6.45, 7) is 4.99. The molecule has 0 aliphatic carbocycles. The molecule has 0 saturated carbocycles. The van der Waals surface area contributed by atoms with E-state index < -0.39 is 161 Å². The minimum absolute atomic E-state index is 0. The monoisotopic (exact) mass is 1500 g/mol. The fraction of sp³-hybridized carbons (Fsp3) is 0.606. The average molecular weight is 1500 g/mol. The van der Waals surface area contributed by atoms with Crippen molar-refractivity contribution in [2.45, 2.75) is 135 Å². The van der Waals surface area contributed by atoms with Crippen molar-refractivity contribution < 1.29 is 128 Å². The van der Waals surface area contributed by atoms with Gasteiger partial charge in [0, 0.05) is 75.5 Å². The number of aliphatic hydroxyl groups excluding tert-OH is 14. The molecule has 560 valence electrons. The first kappa shape index (κ1) is 83.2. The van der Waals surface area contributed by atoms with E-state index in [1.165, 1.54) is 16.7 Å². The second-order valence-corrected chi connectivity index (χ2v) is 25.5. The average Bonchev–Trinajstić information content (AvgIpc) is 0.804. The maximum Gasteiger partial charge on any atom is 0.332 e. The van der Waals surface area contributed by atoms with E-state index in [2.05, 4.69) is 68.1 Å². The van der Waals surface area contributed by atoms with Gasteiger partial charge >= 0.3 is 11.9 Å². The highest BCUT2D eigenvalue weighted by atomic mass is 35.5. The molecule has 100 heavy (non-hydrogen) atoms. The standard InChI is InChI=1S/2C33H45ClN2O13.2ClH/c34-21-8-6-20(7-9-21)25(19-4-2-1-3-5-19)36-12-10-35(11-13-36)14-15-45-18-24(38)46-17-23-26(39)27(40)30(43)33(48-23)49-31-22(16-37)47-32(44)29(42)28(31)41;34-21-8-6-20(7-9-21)25(19-4-2-1-3-5-19)36-12-10-35(11-13-36)14-15-45-18-24(38)46-17-23-31(28(41)29(42)32(44)47-23)49-33-30(43)27(40)26(39)22(16-37)48-33;;/h2*1-9,22-23,25-33,37,39-44H,10-18H2;2*1H/t2*22-,23-,25?,26+,27+,28-,29-,30-,31-,32-,33+;;/m11../s1. The predicted molar refractivity (Wildman–Crippen MR) is 357 cm³/mol. The molecule has 10 rings (SSSR count). The van der Waals surface area contributed by atoms with Crippen molar-refractivity contribution in [3.05, 3.63) is 141 Å². The first-order valence-corrected chi connectivity index (χ1v) is 33.2. The van der Waals surface area contributed by atoms with Gasteiger partial charge in [-0.3, -0.25) is 19.6 Å². The molecule has 6 heterocycles. The smallest absolute Gasteiger partial charge is 0.332 e. The molecule has 22 atom stereocenters. The lowest BCUT2D eigenvalue weighted by Crippen LogP contribution is -2.64. The first-order valence-electron chi connectivity index (χ1n) is 32.5. The number of aliphatic hydroxyl groups is 14. The number of halogens is 4. The van der Waals surface area contributed by atoms with Crippen molar-refractivity contribution in [1.29, 1.82) is 0 Å². The van der Waals surface area contributed by atoms with E-state index in [1.807, 2.05) is 60.7 Å². The molecule has 4 aromatic carbocycles. The van der Waals surface area contributed by atoms with E-state index >= 15 is 0 Å². The zero-order valence-corrected chi connectivity index (χ0v) is 57.5. The van der Waals surface area contributed by atoms with Gasteiger partial charge in [-0.15, -0.1) is 24.8 Å². The molecule has 14 N–H and O–H groups in total. The molecular weight excluding hydrogens is 1410 g/mol. The Bertz CT molecular complexity index is 3010. The summed E-state index contributed by atoms with van der Waals surface area (Å²) in [5, 5.41) is 143. The SMILES string of the molecule is Cl.Cl.O=C(COCCN1CCN(C(c2ccccc2)c2ccc(Cl)cc2)CC1)OC[C@H]1O[C@@H](O)[C@H](O)[C@@H](O)[C@@H]1O[C@@H]1O[C@H](CO)[C@H](O)[C@H](O)[C@H]1O.O=C(COCCN1CCN(C(c2ccccc2)c2ccc(Cl)cc2)CC1)OC[C@H]1O[C@@H](O[C@H]2[C@H](O)[C@@H](O)[C@H](O)O[C@@H]2CO)[C@H](O)[C@@H](O)[C@H]1O. The number of carbonyl (C=O) groups is 2. The van der Waals surface area contributed by atoms with Crippen LogP contribution >= 0.6 is 48.0 Å². The van der Waals surface area contributed by atoms with Crippen molar-refractivity contribution in [3.63, 3.8) is 0 Å². The van der Waals surface area contributed by atoms with Crippen LogP contribution in [0.25, 0.3) is 0 Å². The highest BCUT2D eigenvalue weighted by molar-refractivity contribution is 6.30. The van der Waals surface area contributed by atoms with E-state index in [4.69, 9.17) is 70.6 Å². The van der Waals surface area contributed by atoms with Crippen molar-refractivity contribution in [2.75, 3.05) is 118 Å². The molecule has 6 fully saturated rings. The summed E-state index contributed by atoms with van der Waals surface area (Å²) in [6, 6.07) is 36.7. The van der Waals surface area contributed by atoms with E-state index in [9.17, 15) is 81.1 Å². The lowest BCUT2D eigenvalue weighted by atomic mass is 9.96. The molecule has 34 heteroatoms. The van der Waals surface area contributed by atoms with Crippen LogP contribution < -0.4 is 0 Å². The maximum absolute atomic E-state index is 12.5. The Kier molecular flexibility index (Phi) is 33.7. The summed E-state index contributed by atoms with van der Waals surface area (Å²) in [5.74, 6) is -1.51. The number of hydrogen-bond donors (Lipinski definition) is 14. The van der Waals surface area contributed by atoms with Gasteiger partial charge in [0.2, 0.25) is 0 Å². The van der Waals surface area contributed by atoms with Crippen LogP contribution in [-0.2, 0) is 57.0 Å². The number of piperazine rings is 2. The van der Waals surface area contributed by atoms with Crippen molar-refractivity contribution in [3.8, 4) is 0 Å². The lowest BCUT2D eigenvalue weighted by molar-refractivity contribution is -0.355. The summed E-state index contributed by atoms with van der Waals surface area (Å²) in [4.78, 5) is 34.2. The normalized spacial score (nSPS) is 33.0. The van der Waals surface area contributed by atoms with Crippen LogP contribution in [0.3, 0.4) is 0 Å². The van der Waals surface area contributed by atoms with Crippen LogP contribution in [0.15, 0.2) is 109 Å². The molecule has 6 aliphatic heterocycles.